The van der Waals surface area contributed by atoms with Gasteiger partial charge < -0.3 is 20.3 Å². The molecule has 2 N–H and O–H groups in total. The summed E-state index contributed by atoms with van der Waals surface area (Å²) in [6.45, 7) is 4.23. The molecule has 0 aliphatic carbocycles. The quantitative estimate of drug-likeness (QED) is 0.504. The molecular weight excluding hydrogens is 461 g/mol. The lowest BCUT2D eigenvalue weighted by Gasteiger charge is -2.27. The normalized spacial score (nSPS) is 13.7. The molecule has 1 aliphatic heterocycles. The summed E-state index contributed by atoms with van der Waals surface area (Å²) in [5, 5.41) is 5.93. The Morgan fingerprint density at radius 1 is 1.09 bits per heavy atom. The lowest BCUT2D eigenvalue weighted by molar-refractivity contribution is -0.274. The number of anilines is 4. The second kappa shape index (κ2) is 10.00. The highest BCUT2D eigenvalue weighted by Gasteiger charge is 2.32. The van der Waals surface area contributed by atoms with Crippen molar-refractivity contribution in [1.29, 1.82) is 0 Å². The minimum Gasteiger partial charge on any atom is -0.405 e. The molecule has 4 rings (SSSR count). The fourth-order valence-corrected chi connectivity index (χ4v) is 3.76. The van der Waals surface area contributed by atoms with Crippen LogP contribution in [0.15, 0.2) is 54.9 Å². The average Bonchev–Trinajstić information content (AvgIpc) is 2.81. The Morgan fingerprint density at radius 3 is 2.57 bits per heavy atom. The summed E-state index contributed by atoms with van der Waals surface area (Å²) in [6.07, 6.45) is -1.03. The molecule has 0 saturated carbocycles. The number of halogens is 3. The van der Waals surface area contributed by atoms with Crippen molar-refractivity contribution in [3.63, 3.8) is 0 Å². The van der Waals surface area contributed by atoms with E-state index in [4.69, 9.17) is 0 Å². The van der Waals surface area contributed by atoms with Gasteiger partial charge in [0, 0.05) is 37.0 Å². The Morgan fingerprint density at radius 2 is 1.86 bits per heavy atom. The van der Waals surface area contributed by atoms with E-state index in [1.54, 1.807) is 24.3 Å². The van der Waals surface area contributed by atoms with Crippen LogP contribution in [-0.4, -0.2) is 40.3 Å². The topological polar surface area (TPSA) is 92.3 Å². The van der Waals surface area contributed by atoms with Gasteiger partial charge in [0.1, 0.15) is 12.1 Å². The number of amides is 1. The lowest BCUT2D eigenvalue weighted by atomic mass is 9.99. The summed E-state index contributed by atoms with van der Waals surface area (Å²) < 4.78 is 42.5. The predicted molar refractivity (Wildman–Crippen MR) is 127 cm³/mol. The number of carbonyl (C=O) groups excluding carboxylic acids is 1. The molecule has 0 atom stereocenters. The Bertz CT molecular complexity index is 1260. The maximum Gasteiger partial charge on any atom is 0.573 e. The monoisotopic (exact) mass is 484 g/mol. The van der Waals surface area contributed by atoms with Gasteiger partial charge in [0.25, 0.3) is 0 Å². The van der Waals surface area contributed by atoms with Crippen molar-refractivity contribution < 1.29 is 22.7 Å². The van der Waals surface area contributed by atoms with Gasteiger partial charge in [-0.25, -0.2) is 9.97 Å². The Hall–Kier alpha value is -4.15. The van der Waals surface area contributed by atoms with Gasteiger partial charge in [-0.1, -0.05) is 30.3 Å². The molecule has 0 unspecified atom stereocenters. The summed E-state index contributed by atoms with van der Waals surface area (Å²) >= 11 is 0. The SMILES string of the molecule is CC(=O)Nc1cccc(Nc2ncnc(N3CC=C(c4ccccc4OC(F)(F)F)CC3)n2)c1C. The van der Waals surface area contributed by atoms with E-state index in [0.29, 0.717) is 42.7 Å². The van der Waals surface area contributed by atoms with Crippen molar-refractivity contribution in [2.45, 2.75) is 26.6 Å². The summed E-state index contributed by atoms with van der Waals surface area (Å²) in [4.78, 5) is 26.2. The van der Waals surface area contributed by atoms with Crippen molar-refractivity contribution in [2.24, 2.45) is 0 Å². The Kier molecular flexibility index (Phi) is 6.85. The van der Waals surface area contributed by atoms with E-state index in [0.717, 1.165) is 16.8 Å². The maximum absolute atomic E-state index is 12.8. The first-order chi connectivity index (χ1) is 16.7. The molecule has 1 aliphatic rings. The minimum absolute atomic E-state index is 0.169. The summed E-state index contributed by atoms with van der Waals surface area (Å²) in [5.74, 6) is 0.381. The van der Waals surface area contributed by atoms with Crippen LogP contribution in [0.2, 0.25) is 0 Å². The molecule has 0 radical (unpaired) electrons. The highest BCUT2D eigenvalue weighted by molar-refractivity contribution is 5.90. The molecule has 2 aromatic carbocycles. The van der Waals surface area contributed by atoms with Gasteiger partial charge in [0.05, 0.1) is 0 Å². The molecule has 0 fully saturated rings. The molecule has 0 bridgehead atoms. The van der Waals surface area contributed by atoms with Crippen molar-refractivity contribution in [1.82, 2.24) is 15.0 Å². The zero-order valence-corrected chi connectivity index (χ0v) is 19.1. The van der Waals surface area contributed by atoms with Crippen LogP contribution in [0.5, 0.6) is 5.75 Å². The van der Waals surface area contributed by atoms with Crippen LogP contribution in [-0.2, 0) is 4.79 Å². The van der Waals surface area contributed by atoms with Crippen LogP contribution < -0.4 is 20.3 Å². The van der Waals surface area contributed by atoms with Gasteiger partial charge in [-0.2, -0.15) is 4.98 Å². The first-order valence-electron chi connectivity index (χ1n) is 10.8. The highest BCUT2D eigenvalue weighted by atomic mass is 19.4. The van der Waals surface area contributed by atoms with Gasteiger partial charge in [0.15, 0.2) is 0 Å². The molecule has 3 aromatic rings. The van der Waals surface area contributed by atoms with E-state index in [1.165, 1.54) is 25.4 Å². The molecule has 1 amide bonds. The molecule has 182 valence electrons. The van der Waals surface area contributed by atoms with Gasteiger partial charge in [-0.15, -0.1) is 13.2 Å². The zero-order valence-electron chi connectivity index (χ0n) is 19.1. The number of nitrogens with zero attached hydrogens (tertiary/aromatic N) is 4. The number of hydrogen-bond donors (Lipinski definition) is 2. The van der Waals surface area contributed by atoms with Crippen molar-refractivity contribution in [3.05, 3.63) is 66.0 Å². The number of ether oxygens (including phenoxy) is 1. The van der Waals surface area contributed by atoms with E-state index >= 15 is 0 Å². The van der Waals surface area contributed by atoms with E-state index < -0.39 is 6.36 Å². The zero-order chi connectivity index (χ0) is 25.0. The molecule has 1 aromatic heterocycles. The number of nitrogens with one attached hydrogen (secondary N) is 2. The number of benzene rings is 2. The highest BCUT2D eigenvalue weighted by Crippen LogP contribution is 2.34. The van der Waals surface area contributed by atoms with Crippen LogP contribution in [0.3, 0.4) is 0 Å². The first kappa shape index (κ1) is 24.0. The number of hydrogen-bond acceptors (Lipinski definition) is 7. The molecular formula is C24H23F3N6O2. The number of carbonyl (C=O) groups is 1. The number of aromatic nitrogens is 3. The Balaban J connectivity index is 1.49. The van der Waals surface area contributed by atoms with Crippen LogP contribution in [0, 0.1) is 6.92 Å². The molecule has 11 heteroatoms. The number of para-hydroxylation sites is 1. The van der Waals surface area contributed by atoms with Crippen LogP contribution in [0.25, 0.3) is 5.57 Å². The standard InChI is InChI=1S/C24H23F3N6O2/c1-15-19(30-16(2)34)7-5-8-20(15)31-22-28-14-29-23(32-22)33-12-10-17(11-13-33)18-6-3-4-9-21(18)35-24(25,26)27/h3-10,14H,11-13H2,1-2H3,(H,30,34)(H,28,29,31,32). The van der Waals surface area contributed by atoms with Gasteiger partial charge in [0.2, 0.25) is 17.8 Å². The maximum atomic E-state index is 12.8. The van der Waals surface area contributed by atoms with Gasteiger partial charge >= 0.3 is 6.36 Å². The molecule has 8 nitrogen and oxygen atoms in total. The van der Waals surface area contributed by atoms with Gasteiger partial charge in [-0.3, -0.25) is 4.79 Å². The lowest BCUT2D eigenvalue weighted by Crippen LogP contribution is -2.30. The second-order valence-electron chi connectivity index (χ2n) is 7.86. The number of rotatable bonds is 6. The summed E-state index contributed by atoms with van der Waals surface area (Å²) in [7, 11) is 0. The van der Waals surface area contributed by atoms with Crippen LogP contribution >= 0.6 is 0 Å². The second-order valence-corrected chi connectivity index (χ2v) is 7.86. The largest absolute Gasteiger partial charge is 0.573 e. The van der Waals surface area contributed by atoms with E-state index in [2.05, 4.69) is 30.3 Å². The third-order valence-electron chi connectivity index (χ3n) is 5.40. The van der Waals surface area contributed by atoms with Crippen molar-refractivity contribution >= 4 is 34.8 Å². The van der Waals surface area contributed by atoms with Crippen LogP contribution in [0.1, 0.15) is 24.5 Å². The predicted octanol–water partition coefficient (Wildman–Crippen LogP) is 5.07. The first-order valence-corrected chi connectivity index (χ1v) is 10.8. The molecule has 0 spiro atoms. The van der Waals surface area contributed by atoms with Crippen molar-refractivity contribution in [3.8, 4) is 5.75 Å². The fraction of sp³-hybridized carbons (Fsp3) is 0.250. The van der Waals surface area contributed by atoms with Gasteiger partial charge in [-0.05, 0) is 42.7 Å². The summed E-state index contributed by atoms with van der Waals surface area (Å²) in [5.41, 5.74) is 3.42. The van der Waals surface area contributed by atoms with Crippen molar-refractivity contribution in [2.75, 3.05) is 28.6 Å². The Labute approximate surface area is 199 Å². The smallest absolute Gasteiger partial charge is 0.405 e. The average molecular weight is 484 g/mol. The number of alkyl halides is 3. The minimum atomic E-state index is -4.76. The third kappa shape index (κ3) is 6.05. The molecule has 0 saturated heterocycles. The molecule has 35 heavy (non-hydrogen) atoms. The van der Waals surface area contributed by atoms with E-state index in [-0.39, 0.29) is 11.7 Å². The van der Waals surface area contributed by atoms with E-state index in [9.17, 15) is 18.0 Å². The third-order valence-corrected chi connectivity index (χ3v) is 5.40. The van der Waals surface area contributed by atoms with Crippen LogP contribution in [0.4, 0.5) is 36.4 Å². The summed E-state index contributed by atoms with van der Waals surface area (Å²) in [6, 6.07) is 11.6. The molecule has 2 heterocycles. The fourth-order valence-electron chi connectivity index (χ4n) is 3.76. The van der Waals surface area contributed by atoms with E-state index in [1.807, 2.05) is 24.0 Å².